The van der Waals surface area contributed by atoms with Gasteiger partial charge in [-0.1, -0.05) is 54.2 Å². The molecule has 3 rings (SSSR count). The number of sulfonamides is 1. The van der Waals surface area contributed by atoms with Gasteiger partial charge in [-0.3, -0.25) is 13.9 Å². The number of methoxy groups -OCH3 is 1. The van der Waals surface area contributed by atoms with Crippen molar-refractivity contribution >= 4 is 50.7 Å². The zero-order valence-electron chi connectivity index (χ0n) is 22.0. The van der Waals surface area contributed by atoms with E-state index < -0.39 is 16.1 Å². The molecular weight excluding hydrogens is 549 g/mol. The fraction of sp³-hybridized carbons (Fsp3) is 0.481. The van der Waals surface area contributed by atoms with Gasteiger partial charge in [-0.05, 0) is 56.0 Å². The van der Waals surface area contributed by atoms with Crippen LogP contribution in [0, 0.1) is 0 Å². The predicted octanol–water partition coefficient (Wildman–Crippen LogP) is 5.02. The summed E-state index contributed by atoms with van der Waals surface area (Å²) in [6, 6.07) is 11.3. The number of hydrogen-bond acceptors (Lipinski definition) is 5. The molecule has 38 heavy (non-hydrogen) atoms. The molecule has 0 heterocycles. The lowest BCUT2D eigenvalue weighted by Crippen LogP contribution is -2.49. The maximum Gasteiger partial charge on any atom is 0.242 e. The fourth-order valence-electron chi connectivity index (χ4n) is 4.60. The van der Waals surface area contributed by atoms with Crippen LogP contribution in [0.3, 0.4) is 0 Å². The van der Waals surface area contributed by atoms with E-state index in [9.17, 15) is 18.0 Å². The van der Waals surface area contributed by atoms with E-state index in [4.69, 9.17) is 27.9 Å². The van der Waals surface area contributed by atoms with Gasteiger partial charge in [0.2, 0.25) is 21.8 Å². The highest BCUT2D eigenvalue weighted by Gasteiger charge is 2.29. The lowest BCUT2D eigenvalue weighted by atomic mass is 10.1. The lowest BCUT2D eigenvalue weighted by molar-refractivity contribution is -0.140. The molecule has 0 aromatic heterocycles. The van der Waals surface area contributed by atoms with Crippen molar-refractivity contribution in [3.05, 3.63) is 58.1 Å². The topological polar surface area (TPSA) is 96.0 Å². The van der Waals surface area contributed by atoms with Gasteiger partial charge in [-0.2, -0.15) is 0 Å². The Bertz CT molecular complexity index is 1230. The Morgan fingerprint density at radius 3 is 2.39 bits per heavy atom. The maximum absolute atomic E-state index is 13.4. The Balaban J connectivity index is 1.74. The Morgan fingerprint density at radius 1 is 1.11 bits per heavy atom. The van der Waals surface area contributed by atoms with E-state index in [1.54, 1.807) is 31.2 Å². The quantitative estimate of drug-likeness (QED) is 0.378. The summed E-state index contributed by atoms with van der Waals surface area (Å²) in [6.45, 7) is 1.94. The van der Waals surface area contributed by atoms with Crippen LogP contribution in [0.4, 0.5) is 5.69 Å². The van der Waals surface area contributed by atoms with E-state index in [1.807, 2.05) is 12.1 Å². The lowest BCUT2D eigenvalue weighted by Gasteiger charge is -2.30. The second-order valence-electron chi connectivity index (χ2n) is 9.54. The smallest absolute Gasteiger partial charge is 0.242 e. The molecule has 208 valence electrons. The van der Waals surface area contributed by atoms with Crippen molar-refractivity contribution in [2.24, 2.45) is 0 Å². The van der Waals surface area contributed by atoms with Gasteiger partial charge in [0.1, 0.15) is 11.8 Å². The summed E-state index contributed by atoms with van der Waals surface area (Å²) in [5.74, 6) is -0.0396. The van der Waals surface area contributed by atoms with Crippen molar-refractivity contribution in [3.63, 3.8) is 0 Å². The number of amides is 2. The van der Waals surface area contributed by atoms with Gasteiger partial charge >= 0.3 is 0 Å². The van der Waals surface area contributed by atoms with Crippen LogP contribution < -0.4 is 14.4 Å². The highest BCUT2D eigenvalue weighted by atomic mass is 35.5. The molecule has 2 aromatic rings. The van der Waals surface area contributed by atoms with Crippen LogP contribution >= 0.6 is 23.2 Å². The minimum atomic E-state index is -3.64. The molecule has 0 bridgehead atoms. The molecular formula is C27H35Cl2N3O5S. The molecule has 11 heteroatoms. The van der Waals surface area contributed by atoms with Crippen molar-refractivity contribution in [1.82, 2.24) is 10.2 Å². The zero-order valence-corrected chi connectivity index (χ0v) is 24.3. The predicted molar refractivity (Wildman–Crippen MR) is 151 cm³/mol. The Labute approximate surface area is 235 Å². The number of ether oxygens (including phenoxy) is 1. The van der Waals surface area contributed by atoms with Crippen LogP contribution in [0.25, 0.3) is 0 Å². The van der Waals surface area contributed by atoms with Crippen LogP contribution in [-0.4, -0.2) is 57.1 Å². The minimum Gasteiger partial charge on any atom is -0.495 e. The first-order chi connectivity index (χ1) is 18.0. The molecule has 1 unspecified atom stereocenters. The maximum atomic E-state index is 13.4. The number of nitrogens with zero attached hydrogens (tertiary/aromatic N) is 2. The Morgan fingerprint density at radius 2 is 1.79 bits per heavy atom. The average Bonchev–Trinajstić information content (AvgIpc) is 3.38. The first kappa shape index (κ1) is 30.1. The van der Waals surface area contributed by atoms with Crippen LogP contribution in [0.15, 0.2) is 42.5 Å². The van der Waals surface area contributed by atoms with Crippen molar-refractivity contribution in [2.45, 2.75) is 64.1 Å². The van der Waals surface area contributed by atoms with Crippen molar-refractivity contribution in [3.8, 4) is 5.75 Å². The van der Waals surface area contributed by atoms with Crippen molar-refractivity contribution in [2.75, 3.05) is 24.2 Å². The second kappa shape index (κ2) is 13.5. The summed E-state index contributed by atoms with van der Waals surface area (Å²) in [7, 11) is -2.17. The van der Waals surface area contributed by atoms with Gasteiger partial charge in [0.15, 0.2) is 0 Å². The van der Waals surface area contributed by atoms with Crippen LogP contribution in [-0.2, 0) is 26.2 Å². The molecule has 0 radical (unpaired) electrons. The Hall–Kier alpha value is -2.49. The van der Waals surface area contributed by atoms with Crippen LogP contribution in [0.5, 0.6) is 5.75 Å². The van der Waals surface area contributed by atoms with Gasteiger partial charge in [-0.25, -0.2) is 8.42 Å². The number of carbonyl (C=O) groups is 2. The van der Waals surface area contributed by atoms with Crippen molar-refractivity contribution < 1.29 is 22.7 Å². The standard InChI is InChI=1S/C27H35Cl2N3O5S/c1-19(27(34)30-21-10-5-6-11-21)31(18-20-9-4-7-12-23(20)28)26(33)13-8-16-32(38(3,35)36)22-14-15-25(37-2)24(29)17-22/h4,7,9,12,14-15,17,19,21H,5-6,8,10-11,13,16,18H2,1-3H3,(H,30,34). The van der Waals surface area contributed by atoms with E-state index in [0.717, 1.165) is 37.5 Å². The molecule has 1 fully saturated rings. The van der Waals surface area contributed by atoms with Gasteiger partial charge in [0.25, 0.3) is 0 Å². The summed E-state index contributed by atoms with van der Waals surface area (Å²) in [5.41, 5.74) is 1.11. The zero-order chi connectivity index (χ0) is 27.9. The number of benzene rings is 2. The number of nitrogens with one attached hydrogen (secondary N) is 1. The molecule has 2 amide bonds. The molecule has 0 aliphatic heterocycles. The van der Waals surface area contributed by atoms with E-state index in [1.165, 1.54) is 22.4 Å². The molecule has 1 N–H and O–H groups in total. The molecule has 0 spiro atoms. The monoisotopic (exact) mass is 583 g/mol. The summed E-state index contributed by atoms with van der Waals surface area (Å²) >= 11 is 12.6. The first-order valence-corrected chi connectivity index (χ1v) is 15.3. The Kier molecular flexibility index (Phi) is 10.7. The number of rotatable bonds is 12. The summed E-state index contributed by atoms with van der Waals surface area (Å²) in [5, 5.41) is 3.86. The number of hydrogen-bond donors (Lipinski definition) is 1. The van der Waals surface area contributed by atoms with Crippen molar-refractivity contribution in [1.29, 1.82) is 0 Å². The first-order valence-electron chi connectivity index (χ1n) is 12.7. The molecule has 1 saturated carbocycles. The van der Waals surface area contributed by atoms with E-state index in [2.05, 4.69) is 5.32 Å². The van der Waals surface area contributed by atoms with Gasteiger partial charge in [0, 0.05) is 30.6 Å². The number of anilines is 1. The molecule has 0 saturated heterocycles. The van der Waals surface area contributed by atoms with Crippen LogP contribution in [0.2, 0.25) is 10.0 Å². The third kappa shape index (κ3) is 8.01. The summed E-state index contributed by atoms with van der Waals surface area (Å²) < 4.78 is 31.4. The van der Waals surface area contributed by atoms with E-state index >= 15 is 0 Å². The summed E-state index contributed by atoms with van der Waals surface area (Å²) in [6.07, 6.45) is 5.43. The van der Waals surface area contributed by atoms with E-state index in [0.29, 0.717) is 16.5 Å². The molecule has 2 aromatic carbocycles. The molecule has 1 atom stereocenters. The van der Waals surface area contributed by atoms with E-state index in [-0.39, 0.29) is 48.8 Å². The fourth-order valence-corrected chi connectivity index (χ4v) is 6.00. The van der Waals surface area contributed by atoms with Gasteiger partial charge in [0.05, 0.1) is 24.1 Å². The number of halogens is 2. The molecule has 1 aliphatic rings. The van der Waals surface area contributed by atoms with Crippen LogP contribution in [0.1, 0.15) is 51.0 Å². The normalized spacial score (nSPS) is 14.7. The number of carbonyl (C=O) groups excluding carboxylic acids is 2. The SMILES string of the molecule is COc1ccc(N(CCCC(=O)N(Cc2ccccc2Cl)C(C)C(=O)NC2CCCC2)S(C)(=O)=O)cc1Cl. The van der Waals surface area contributed by atoms with Gasteiger partial charge in [-0.15, -0.1) is 0 Å². The molecule has 8 nitrogen and oxygen atoms in total. The highest BCUT2D eigenvalue weighted by molar-refractivity contribution is 7.92. The average molecular weight is 585 g/mol. The largest absolute Gasteiger partial charge is 0.495 e. The third-order valence-corrected chi connectivity index (χ3v) is 8.60. The summed E-state index contributed by atoms with van der Waals surface area (Å²) in [4.78, 5) is 28.0. The highest BCUT2D eigenvalue weighted by Crippen LogP contribution is 2.30. The second-order valence-corrected chi connectivity index (χ2v) is 12.3. The molecule has 1 aliphatic carbocycles. The van der Waals surface area contributed by atoms with Gasteiger partial charge < -0.3 is 15.0 Å². The third-order valence-electron chi connectivity index (χ3n) is 6.74. The minimum absolute atomic E-state index is 0.0431.